The molecule has 40 heavy (non-hydrogen) atoms. The van der Waals surface area contributed by atoms with Gasteiger partial charge in [0.25, 0.3) is 0 Å². The van der Waals surface area contributed by atoms with E-state index in [1.54, 1.807) is 36.4 Å². The normalized spacial score (nSPS) is 10.3. The zero-order chi connectivity index (χ0) is 28.3. The summed E-state index contributed by atoms with van der Waals surface area (Å²) in [4.78, 5) is 12.8. The third-order valence-electron chi connectivity index (χ3n) is 6.76. The first kappa shape index (κ1) is 30.4. The number of hydrogen-bond acceptors (Lipinski definition) is 6. The molecule has 6 aromatic rings. The molecule has 7 heteroatoms. The van der Waals surface area contributed by atoms with Crippen LogP contribution >= 0.6 is 0 Å². The van der Waals surface area contributed by atoms with Crippen LogP contribution in [0.4, 0.5) is 0 Å². The standard InChI is InChI=1S/3C11H11NO.Al/c3*1-7-6-9-4-3-5-10(13)11(9)12-8(7)2;/h3*3-6,13H,1-2H3;/q;;;+3/p-3. The quantitative estimate of drug-likeness (QED) is 0.238. The molecule has 0 saturated heterocycles. The van der Waals surface area contributed by atoms with Gasteiger partial charge in [-0.05, 0) is 92.6 Å². The van der Waals surface area contributed by atoms with Gasteiger partial charge in [0.15, 0.2) is 0 Å². The fraction of sp³-hybridized carbons (Fsp3) is 0.182. The van der Waals surface area contributed by atoms with Gasteiger partial charge in [-0.1, -0.05) is 71.8 Å². The summed E-state index contributed by atoms with van der Waals surface area (Å²) in [6.07, 6.45) is 0. The molecule has 0 aliphatic rings. The molecule has 198 valence electrons. The Balaban J connectivity index is 0.000000163. The maximum Gasteiger partial charge on any atom is 3.00 e. The zero-order valence-corrected chi connectivity index (χ0v) is 24.7. The minimum atomic E-state index is 0. The van der Waals surface area contributed by atoms with Crippen LogP contribution < -0.4 is 15.3 Å². The van der Waals surface area contributed by atoms with Gasteiger partial charge < -0.3 is 15.3 Å². The Labute approximate surface area is 245 Å². The molecular formula is C33H30AlN3O3. The second-order valence-electron chi connectivity index (χ2n) is 9.66. The first-order valence-electron chi connectivity index (χ1n) is 12.7. The van der Waals surface area contributed by atoms with Crippen molar-refractivity contribution in [3.63, 3.8) is 0 Å². The van der Waals surface area contributed by atoms with Gasteiger partial charge in [-0.3, -0.25) is 15.0 Å². The van der Waals surface area contributed by atoms with Crippen molar-refractivity contribution >= 4 is 50.1 Å². The van der Waals surface area contributed by atoms with Crippen LogP contribution in [0, 0.1) is 41.5 Å². The molecule has 0 N–H and O–H groups in total. The maximum absolute atomic E-state index is 11.4. The molecule has 0 fully saturated rings. The number of hydrogen-bond donors (Lipinski definition) is 0. The van der Waals surface area contributed by atoms with Crippen LogP contribution in [0.1, 0.15) is 33.8 Å². The zero-order valence-electron chi connectivity index (χ0n) is 23.6. The summed E-state index contributed by atoms with van der Waals surface area (Å²) in [6.45, 7) is 11.8. The second kappa shape index (κ2) is 12.8. The van der Waals surface area contributed by atoms with Gasteiger partial charge in [0, 0.05) is 17.1 Å². The summed E-state index contributed by atoms with van der Waals surface area (Å²) in [5, 5.41) is 36.9. The molecule has 6 nitrogen and oxygen atoms in total. The van der Waals surface area contributed by atoms with Crippen LogP contribution in [0.15, 0.2) is 72.8 Å². The van der Waals surface area contributed by atoms with Gasteiger partial charge in [0.1, 0.15) is 0 Å². The van der Waals surface area contributed by atoms with Gasteiger partial charge >= 0.3 is 17.4 Å². The van der Waals surface area contributed by atoms with E-state index in [0.717, 1.165) is 49.9 Å². The van der Waals surface area contributed by atoms with Crippen molar-refractivity contribution in [2.45, 2.75) is 41.5 Å². The van der Waals surface area contributed by atoms with Crippen molar-refractivity contribution in [3.05, 3.63) is 107 Å². The Hall–Kier alpha value is -4.18. The topological polar surface area (TPSA) is 108 Å². The molecule has 0 spiro atoms. The molecule has 3 aromatic heterocycles. The van der Waals surface area contributed by atoms with Crippen molar-refractivity contribution in [2.75, 3.05) is 0 Å². The first-order chi connectivity index (χ1) is 18.5. The Morgan fingerprint density at radius 2 is 0.675 bits per heavy atom. The fourth-order valence-electron chi connectivity index (χ4n) is 4.11. The largest absolute Gasteiger partial charge is 3.00 e. The average molecular weight is 544 g/mol. The molecule has 3 aromatic carbocycles. The molecule has 6 rings (SSSR count). The minimum Gasteiger partial charge on any atom is -0.871 e. The Kier molecular flexibility index (Phi) is 9.70. The van der Waals surface area contributed by atoms with Crippen molar-refractivity contribution in [1.82, 2.24) is 15.0 Å². The van der Waals surface area contributed by atoms with E-state index in [2.05, 4.69) is 15.0 Å². The number of rotatable bonds is 0. The summed E-state index contributed by atoms with van der Waals surface area (Å²) >= 11 is 0. The third kappa shape index (κ3) is 6.69. The predicted molar refractivity (Wildman–Crippen MR) is 158 cm³/mol. The second-order valence-corrected chi connectivity index (χ2v) is 9.66. The summed E-state index contributed by atoms with van der Waals surface area (Å²) < 4.78 is 0. The molecule has 0 amide bonds. The smallest absolute Gasteiger partial charge is 0.871 e. The molecule has 3 heterocycles. The van der Waals surface area contributed by atoms with E-state index in [-0.39, 0.29) is 34.6 Å². The number of aromatic nitrogens is 3. The summed E-state index contributed by atoms with van der Waals surface area (Å²) in [5.41, 5.74) is 7.87. The van der Waals surface area contributed by atoms with Crippen LogP contribution in [-0.2, 0) is 0 Å². The van der Waals surface area contributed by atoms with E-state index < -0.39 is 0 Å². The third-order valence-corrected chi connectivity index (χ3v) is 6.76. The minimum absolute atomic E-state index is 0. The van der Waals surface area contributed by atoms with Gasteiger partial charge in [0.05, 0.1) is 16.6 Å². The van der Waals surface area contributed by atoms with Gasteiger partial charge in [-0.2, -0.15) is 0 Å². The molecule has 0 bridgehead atoms. The molecule has 0 unspecified atom stereocenters. The van der Waals surface area contributed by atoms with Gasteiger partial charge in [-0.15, -0.1) is 0 Å². The number of aryl methyl sites for hydroxylation is 6. The summed E-state index contributed by atoms with van der Waals surface area (Å²) in [6, 6.07) is 21.7. The Morgan fingerprint density at radius 3 is 0.925 bits per heavy atom. The van der Waals surface area contributed by atoms with E-state index in [1.165, 1.54) is 0 Å². The molecule has 0 aliphatic carbocycles. The number of benzene rings is 3. The van der Waals surface area contributed by atoms with E-state index >= 15 is 0 Å². The predicted octanol–water partition coefficient (Wildman–Crippen LogP) is 5.39. The summed E-state index contributed by atoms with van der Waals surface area (Å²) in [7, 11) is 0. The number of nitrogens with zero attached hydrogens (tertiary/aromatic N) is 3. The van der Waals surface area contributed by atoms with E-state index in [0.29, 0.717) is 16.6 Å². The van der Waals surface area contributed by atoms with E-state index in [9.17, 15) is 15.3 Å². The number of fused-ring (bicyclic) bond motifs is 3. The van der Waals surface area contributed by atoms with Crippen LogP contribution in [0.25, 0.3) is 32.7 Å². The summed E-state index contributed by atoms with van der Waals surface area (Å²) in [5.74, 6) is 0.00167. The molecule has 0 aliphatic heterocycles. The maximum atomic E-state index is 11.4. The van der Waals surface area contributed by atoms with E-state index in [4.69, 9.17) is 0 Å². The van der Waals surface area contributed by atoms with Crippen LogP contribution in [0.2, 0.25) is 0 Å². The molecule has 0 atom stereocenters. The van der Waals surface area contributed by atoms with Crippen LogP contribution in [-0.4, -0.2) is 32.3 Å². The van der Waals surface area contributed by atoms with Gasteiger partial charge in [-0.25, -0.2) is 0 Å². The van der Waals surface area contributed by atoms with Crippen LogP contribution in [0.3, 0.4) is 0 Å². The monoisotopic (exact) mass is 543 g/mol. The van der Waals surface area contributed by atoms with E-state index in [1.807, 2.05) is 77.9 Å². The average Bonchev–Trinajstić information content (AvgIpc) is 2.89. The fourth-order valence-corrected chi connectivity index (χ4v) is 4.11. The molecule has 0 radical (unpaired) electrons. The van der Waals surface area contributed by atoms with Crippen molar-refractivity contribution in [1.29, 1.82) is 0 Å². The SMILES string of the molecule is Cc1cc2cccc([O-])c2nc1C.Cc1cc2cccc([O-])c2nc1C.Cc1cc2cccc([O-])c2nc1C.[Al+3]. The Morgan fingerprint density at radius 1 is 0.425 bits per heavy atom. The number of pyridine rings is 3. The van der Waals surface area contributed by atoms with Crippen molar-refractivity contribution in [3.8, 4) is 17.2 Å². The van der Waals surface area contributed by atoms with Crippen molar-refractivity contribution in [2.24, 2.45) is 0 Å². The molecular weight excluding hydrogens is 513 g/mol. The first-order valence-corrected chi connectivity index (χ1v) is 12.7. The van der Waals surface area contributed by atoms with Crippen LogP contribution in [0.5, 0.6) is 17.2 Å². The number of para-hydroxylation sites is 3. The Bertz CT molecular complexity index is 1610. The van der Waals surface area contributed by atoms with Gasteiger partial charge in [0.2, 0.25) is 0 Å². The molecule has 0 saturated carbocycles. The van der Waals surface area contributed by atoms with Crippen molar-refractivity contribution < 1.29 is 15.3 Å².